The summed E-state index contributed by atoms with van der Waals surface area (Å²) < 4.78 is 16.5. The summed E-state index contributed by atoms with van der Waals surface area (Å²) in [5.74, 6) is -0.205. The van der Waals surface area contributed by atoms with Gasteiger partial charge < -0.3 is 14.2 Å². The maximum Gasteiger partial charge on any atom is 0.349 e. The molecule has 0 spiro atoms. The molecule has 5 rings (SSSR count). The Morgan fingerprint density at radius 2 is 1.35 bits per heavy atom. The highest BCUT2D eigenvalue weighted by atomic mass is 16.6. The molecular weight excluding hydrogens is 504 g/mol. The number of ketones is 2. The molecule has 6 nitrogen and oxygen atoms in total. The number of Topliss-reactive ketones (excluding diaryl/α,β-unsaturated/α-hetero) is 2. The summed E-state index contributed by atoms with van der Waals surface area (Å²) in [6.45, 7) is 4.03. The van der Waals surface area contributed by atoms with Crippen LogP contribution in [0.2, 0.25) is 0 Å². The first-order chi connectivity index (χ1) is 19.3. The van der Waals surface area contributed by atoms with E-state index < -0.39 is 5.97 Å². The molecule has 40 heavy (non-hydrogen) atoms. The Kier molecular flexibility index (Phi) is 7.34. The van der Waals surface area contributed by atoms with Gasteiger partial charge in [-0.05, 0) is 47.0 Å². The van der Waals surface area contributed by atoms with Crippen LogP contribution in [0.5, 0.6) is 17.2 Å². The smallest absolute Gasteiger partial charge is 0.349 e. The van der Waals surface area contributed by atoms with Gasteiger partial charge in [0.1, 0.15) is 5.75 Å². The molecule has 4 aromatic carbocycles. The van der Waals surface area contributed by atoms with Crippen LogP contribution in [0, 0.1) is 0 Å². The van der Waals surface area contributed by atoms with E-state index in [0.29, 0.717) is 22.4 Å². The summed E-state index contributed by atoms with van der Waals surface area (Å²) in [7, 11) is 1.44. The van der Waals surface area contributed by atoms with Gasteiger partial charge in [-0.25, -0.2) is 4.79 Å². The SMILES string of the molecule is COc1cc(C=C2C(=O)c3ccccc3C2=O)ccc1OC(=O)COc1ccc(C(C)(C)c2ccccc2)cc1. The number of carbonyl (C=O) groups is 3. The lowest BCUT2D eigenvalue weighted by atomic mass is 9.78. The predicted octanol–water partition coefficient (Wildman–Crippen LogP) is 6.47. The molecule has 1 aliphatic rings. The molecule has 200 valence electrons. The lowest BCUT2D eigenvalue weighted by molar-refractivity contribution is -0.136. The minimum absolute atomic E-state index is 0.0829. The van der Waals surface area contributed by atoms with Crippen molar-refractivity contribution in [1.29, 1.82) is 0 Å². The molecule has 0 N–H and O–H groups in total. The van der Waals surface area contributed by atoms with Gasteiger partial charge in [0.2, 0.25) is 0 Å². The highest BCUT2D eigenvalue weighted by molar-refractivity contribution is 6.41. The summed E-state index contributed by atoms with van der Waals surface area (Å²) in [6.07, 6.45) is 1.52. The average Bonchev–Trinajstić information content (AvgIpc) is 3.22. The van der Waals surface area contributed by atoms with Gasteiger partial charge in [0, 0.05) is 16.5 Å². The molecule has 0 atom stereocenters. The van der Waals surface area contributed by atoms with Crippen molar-refractivity contribution in [1.82, 2.24) is 0 Å². The molecule has 0 bridgehead atoms. The van der Waals surface area contributed by atoms with Crippen molar-refractivity contribution in [2.75, 3.05) is 13.7 Å². The van der Waals surface area contributed by atoms with Crippen LogP contribution in [0.1, 0.15) is 51.3 Å². The number of allylic oxidation sites excluding steroid dienone is 1. The normalized spacial score (nSPS) is 12.6. The van der Waals surface area contributed by atoms with Crippen molar-refractivity contribution in [3.8, 4) is 17.2 Å². The van der Waals surface area contributed by atoms with Gasteiger partial charge in [0.05, 0.1) is 12.7 Å². The Balaban J connectivity index is 1.23. The van der Waals surface area contributed by atoms with Crippen LogP contribution in [0.4, 0.5) is 0 Å². The Hall–Kier alpha value is -4.97. The molecule has 0 aliphatic heterocycles. The van der Waals surface area contributed by atoms with Gasteiger partial charge in [-0.2, -0.15) is 0 Å². The molecule has 4 aromatic rings. The molecule has 0 fully saturated rings. The lowest BCUT2D eigenvalue weighted by Gasteiger charge is -2.26. The van der Waals surface area contributed by atoms with Gasteiger partial charge >= 0.3 is 5.97 Å². The molecule has 0 amide bonds. The second kappa shape index (κ2) is 11.0. The topological polar surface area (TPSA) is 78.9 Å². The maximum absolute atomic E-state index is 12.7. The van der Waals surface area contributed by atoms with Crippen LogP contribution in [-0.2, 0) is 10.2 Å². The van der Waals surface area contributed by atoms with Crippen molar-refractivity contribution in [3.63, 3.8) is 0 Å². The van der Waals surface area contributed by atoms with Gasteiger partial charge in [-0.3, -0.25) is 9.59 Å². The van der Waals surface area contributed by atoms with Crippen LogP contribution >= 0.6 is 0 Å². The molecule has 6 heteroatoms. The zero-order valence-electron chi connectivity index (χ0n) is 22.5. The number of ether oxygens (including phenoxy) is 3. The van der Waals surface area contributed by atoms with Crippen molar-refractivity contribution < 1.29 is 28.6 Å². The highest BCUT2D eigenvalue weighted by Gasteiger charge is 2.32. The summed E-state index contributed by atoms with van der Waals surface area (Å²) in [5, 5.41) is 0. The Morgan fingerprint density at radius 1 is 0.750 bits per heavy atom. The van der Waals surface area contributed by atoms with Crippen LogP contribution in [0.25, 0.3) is 6.08 Å². The maximum atomic E-state index is 12.7. The first-order valence-electron chi connectivity index (χ1n) is 12.9. The van der Waals surface area contributed by atoms with Gasteiger partial charge in [-0.15, -0.1) is 0 Å². The van der Waals surface area contributed by atoms with E-state index in [0.717, 1.165) is 5.56 Å². The first-order valence-corrected chi connectivity index (χ1v) is 12.9. The number of hydrogen-bond donors (Lipinski definition) is 0. The standard InChI is InChI=1S/C34H28O6/c1-34(2,23-9-5-4-6-10-23)24-14-16-25(17-15-24)39-21-31(35)40-29-18-13-22(20-30(29)38-3)19-28-32(36)26-11-7-8-12-27(26)33(28)37/h4-20H,21H2,1-3H3. The number of fused-ring (bicyclic) bond motifs is 1. The predicted molar refractivity (Wildman–Crippen MR) is 152 cm³/mol. The molecule has 0 saturated carbocycles. The van der Waals surface area contributed by atoms with Crippen LogP contribution in [0.15, 0.2) is 103 Å². The van der Waals surface area contributed by atoms with E-state index in [9.17, 15) is 14.4 Å². The van der Waals surface area contributed by atoms with Gasteiger partial charge in [0.25, 0.3) is 0 Å². The molecule has 0 radical (unpaired) electrons. The number of hydrogen-bond acceptors (Lipinski definition) is 6. The fourth-order valence-corrected chi connectivity index (χ4v) is 4.71. The van der Waals surface area contributed by atoms with E-state index in [1.165, 1.54) is 18.7 Å². The fraction of sp³-hybridized carbons (Fsp3) is 0.147. The largest absolute Gasteiger partial charge is 0.493 e. The molecule has 1 aliphatic carbocycles. The quantitative estimate of drug-likeness (QED) is 0.112. The van der Waals surface area contributed by atoms with Crippen LogP contribution in [0.3, 0.4) is 0 Å². The zero-order valence-corrected chi connectivity index (χ0v) is 22.5. The molecule has 0 heterocycles. The van der Waals surface area contributed by atoms with Crippen LogP contribution < -0.4 is 14.2 Å². The number of benzene rings is 4. The number of rotatable bonds is 8. The number of esters is 1. The van der Waals surface area contributed by atoms with Crippen molar-refractivity contribution >= 4 is 23.6 Å². The second-order valence-corrected chi connectivity index (χ2v) is 9.95. The molecule has 0 unspecified atom stereocenters. The minimum atomic E-state index is -0.602. The third-order valence-corrected chi connectivity index (χ3v) is 7.06. The minimum Gasteiger partial charge on any atom is -0.493 e. The van der Waals surface area contributed by atoms with Gasteiger partial charge in [0.15, 0.2) is 29.7 Å². The van der Waals surface area contributed by atoms with E-state index >= 15 is 0 Å². The van der Waals surface area contributed by atoms with Crippen LogP contribution in [-0.4, -0.2) is 31.3 Å². The number of methoxy groups -OCH3 is 1. The Morgan fingerprint density at radius 3 is 1.98 bits per heavy atom. The second-order valence-electron chi connectivity index (χ2n) is 9.95. The average molecular weight is 533 g/mol. The molecule has 0 aromatic heterocycles. The van der Waals surface area contributed by atoms with E-state index in [4.69, 9.17) is 14.2 Å². The molecular formula is C34H28O6. The highest BCUT2D eigenvalue weighted by Crippen LogP contribution is 2.33. The van der Waals surface area contributed by atoms with E-state index in [1.54, 1.807) is 42.5 Å². The van der Waals surface area contributed by atoms with Gasteiger partial charge in [-0.1, -0.05) is 86.6 Å². The van der Waals surface area contributed by atoms with Crippen molar-refractivity contribution in [2.24, 2.45) is 0 Å². The Bertz CT molecular complexity index is 1580. The first kappa shape index (κ1) is 26.6. The van der Waals surface area contributed by atoms with Crippen molar-refractivity contribution in [2.45, 2.75) is 19.3 Å². The number of carbonyl (C=O) groups excluding carboxylic acids is 3. The third-order valence-electron chi connectivity index (χ3n) is 7.06. The summed E-state index contributed by atoms with van der Waals surface area (Å²) in [4.78, 5) is 37.9. The Labute approximate surface area is 232 Å². The lowest BCUT2D eigenvalue weighted by Crippen LogP contribution is -2.19. The summed E-state index contributed by atoms with van der Waals surface area (Å²) in [5.41, 5.74) is 3.58. The van der Waals surface area contributed by atoms with E-state index in [2.05, 4.69) is 26.0 Å². The zero-order chi connectivity index (χ0) is 28.3. The molecule has 0 saturated heterocycles. The fourth-order valence-electron chi connectivity index (χ4n) is 4.71. The monoisotopic (exact) mass is 532 g/mol. The summed E-state index contributed by atoms with van der Waals surface area (Å²) in [6, 6.07) is 29.4. The van der Waals surface area contributed by atoms with E-state index in [-0.39, 0.29) is 40.7 Å². The third kappa shape index (κ3) is 5.29. The summed E-state index contributed by atoms with van der Waals surface area (Å²) >= 11 is 0. The van der Waals surface area contributed by atoms with Crippen molar-refractivity contribution in [3.05, 3.63) is 130 Å². The van der Waals surface area contributed by atoms with E-state index in [1.807, 2.05) is 42.5 Å².